The maximum atomic E-state index is 13.8. The number of amides is 2. The van der Waals surface area contributed by atoms with Gasteiger partial charge in [-0.1, -0.05) is 30.7 Å². The number of hydrogen-bond acceptors (Lipinski definition) is 8. The summed E-state index contributed by atoms with van der Waals surface area (Å²) >= 11 is 0. The van der Waals surface area contributed by atoms with E-state index in [1.165, 1.54) is 17.5 Å². The van der Waals surface area contributed by atoms with E-state index in [4.69, 9.17) is 4.74 Å². The molecule has 0 spiro atoms. The molecule has 1 aromatic carbocycles. The molecule has 2 N–H and O–H groups in total. The number of hydrogen-bond donors (Lipinski definition) is 2. The highest BCUT2D eigenvalue weighted by molar-refractivity contribution is 5.93. The van der Waals surface area contributed by atoms with Crippen LogP contribution in [0.2, 0.25) is 0 Å². The largest absolute Gasteiger partial charge is 0.460 e. The smallest absolute Gasteiger partial charge is 0.319 e. The van der Waals surface area contributed by atoms with E-state index in [9.17, 15) is 14.7 Å². The van der Waals surface area contributed by atoms with Crippen molar-refractivity contribution >= 4 is 17.6 Å². The van der Waals surface area contributed by atoms with Gasteiger partial charge in [-0.3, -0.25) is 14.5 Å². The molecular weight excluding hydrogens is 556 g/mol. The molecule has 5 aliphatic rings. The number of carbonyl (C=O) groups excluding carboxylic acids is 2. The zero-order valence-electron chi connectivity index (χ0n) is 25.7. The summed E-state index contributed by atoms with van der Waals surface area (Å²) in [7, 11) is 0. The summed E-state index contributed by atoms with van der Waals surface area (Å²) in [6, 6.07) is 10.7. The Labute approximate surface area is 260 Å². The number of carbonyl (C=O) groups is 2. The molecule has 4 heterocycles. The molecule has 10 heteroatoms. The third-order valence-electron chi connectivity index (χ3n) is 10.6. The van der Waals surface area contributed by atoms with E-state index < -0.39 is 6.10 Å². The highest BCUT2D eigenvalue weighted by atomic mass is 16.5. The third kappa shape index (κ3) is 6.42. The van der Waals surface area contributed by atoms with Crippen LogP contribution in [-0.2, 0) is 17.8 Å². The SMILES string of the molecule is O=C(c1cc(NC2CCN(C(=O)C3CCC3)CC2)nc(OC2CCCC2)n1)N1CC[C@@H](N2CCc3ccccc3C2)[C@H](O)C1. The Morgan fingerprint density at radius 3 is 2.34 bits per heavy atom. The summed E-state index contributed by atoms with van der Waals surface area (Å²) < 4.78 is 6.18. The molecule has 2 saturated carbocycles. The third-order valence-corrected chi connectivity index (χ3v) is 10.6. The molecule has 2 atom stereocenters. The predicted molar refractivity (Wildman–Crippen MR) is 166 cm³/mol. The number of aliphatic hydroxyl groups excluding tert-OH is 1. The zero-order valence-corrected chi connectivity index (χ0v) is 25.7. The first-order valence-electron chi connectivity index (χ1n) is 16.9. The first-order chi connectivity index (χ1) is 21.5. The van der Waals surface area contributed by atoms with Crippen molar-refractivity contribution in [1.29, 1.82) is 0 Å². The number of nitrogens with zero attached hydrogens (tertiary/aromatic N) is 5. The van der Waals surface area contributed by atoms with Gasteiger partial charge in [0.25, 0.3) is 5.91 Å². The van der Waals surface area contributed by atoms with Crippen molar-refractivity contribution in [1.82, 2.24) is 24.7 Å². The van der Waals surface area contributed by atoms with Crippen LogP contribution in [0.15, 0.2) is 30.3 Å². The molecule has 2 amide bonds. The Bertz CT molecular complexity index is 1340. The summed E-state index contributed by atoms with van der Waals surface area (Å²) in [5.74, 6) is 0.926. The number of aromatic nitrogens is 2. The second-order valence-electron chi connectivity index (χ2n) is 13.5. The fourth-order valence-electron chi connectivity index (χ4n) is 7.68. The number of ether oxygens (including phenoxy) is 1. The fraction of sp³-hybridized carbons (Fsp3) is 0.647. The number of likely N-dealkylation sites (tertiary alicyclic amines) is 2. The lowest BCUT2D eigenvalue weighted by Crippen LogP contribution is -2.56. The quantitative estimate of drug-likeness (QED) is 0.495. The van der Waals surface area contributed by atoms with Crippen LogP contribution >= 0.6 is 0 Å². The number of aliphatic hydroxyl groups is 1. The van der Waals surface area contributed by atoms with Crippen LogP contribution < -0.4 is 10.1 Å². The zero-order chi connectivity index (χ0) is 30.0. The number of piperidine rings is 2. The monoisotopic (exact) mass is 602 g/mol. The molecule has 10 nitrogen and oxygen atoms in total. The van der Waals surface area contributed by atoms with Crippen molar-refractivity contribution in [2.24, 2.45) is 5.92 Å². The van der Waals surface area contributed by atoms with E-state index in [1.54, 1.807) is 11.0 Å². The van der Waals surface area contributed by atoms with Gasteiger partial charge in [0.15, 0.2) is 0 Å². The second-order valence-corrected chi connectivity index (χ2v) is 13.5. The number of fused-ring (bicyclic) bond motifs is 1. The van der Waals surface area contributed by atoms with Crippen LogP contribution in [-0.4, -0.2) is 98.6 Å². The van der Waals surface area contributed by atoms with Crippen LogP contribution in [0.25, 0.3) is 0 Å². The first-order valence-corrected chi connectivity index (χ1v) is 16.9. The van der Waals surface area contributed by atoms with Crippen LogP contribution in [0.4, 0.5) is 5.82 Å². The van der Waals surface area contributed by atoms with Crippen LogP contribution in [0.3, 0.4) is 0 Å². The molecular formula is C34H46N6O4. The number of anilines is 1. The Balaban J connectivity index is 1.01. The molecule has 44 heavy (non-hydrogen) atoms. The van der Waals surface area contributed by atoms with Crippen molar-refractivity contribution < 1.29 is 19.4 Å². The highest BCUT2D eigenvalue weighted by Crippen LogP contribution is 2.31. The number of β-amino-alcohol motifs (C(OH)–C–C–N with tert-alkyl or cyclic N) is 1. The van der Waals surface area contributed by atoms with E-state index in [1.807, 2.05) is 4.90 Å². The van der Waals surface area contributed by atoms with Gasteiger partial charge in [0, 0.05) is 63.3 Å². The molecule has 236 valence electrons. The minimum absolute atomic E-state index is 0.0262. The van der Waals surface area contributed by atoms with Gasteiger partial charge in [0.2, 0.25) is 5.91 Å². The van der Waals surface area contributed by atoms with Gasteiger partial charge in [0.05, 0.1) is 6.10 Å². The van der Waals surface area contributed by atoms with Crippen molar-refractivity contribution in [3.8, 4) is 6.01 Å². The van der Waals surface area contributed by atoms with Gasteiger partial charge < -0.3 is 25.0 Å². The summed E-state index contributed by atoms with van der Waals surface area (Å²) in [5, 5.41) is 14.8. The number of nitrogens with one attached hydrogen (secondary N) is 1. The minimum Gasteiger partial charge on any atom is -0.460 e. The Morgan fingerprint density at radius 1 is 0.864 bits per heavy atom. The van der Waals surface area contributed by atoms with Crippen LogP contribution in [0, 0.1) is 5.92 Å². The predicted octanol–water partition coefficient (Wildman–Crippen LogP) is 3.63. The van der Waals surface area contributed by atoms with E-state index in [0.29, 0.717) is 24.0 Å². The van der Waals surface area contributed by atoms with E-state index in [2.05, 4.69) is 44.5 Å². The van der Waals surface area contributed by atoms with E-state index >= 15 is 0 Å². The van der Waals surface area contributed by atoms with Gasteiger partial charge >= 0.3 is 6.01 Å². The van der Waals surface area contributed by atoms with E-state index in [-0.39, 0.29) is 42.6 Å². The van der Waals surface area contributed by atoms with Crippen LogP contribution in [0.1, 0.15) is 85.8 Å². The average Bonchev–Trinajstić information content (AvgIpc) is 3.53. The fourth-order valence-corrected chi connectivity index (χ4v) is 7.68. The second kappa shape index (κ2) is 13.0. The summed E-state index contributed by atoms with van der Waals surface area (Å²) in [6.07, 6.45) is 10.2. The molecule has 2 aliphatic carbocycles. The Kier molecular flexibility index (Phi) is 8.71. The maximum absolute atomic E-state index is 13.8. The molecule has 1 aromatic heterocycles. The first kappa shape index (κ1) is 29.5. The van der Waals surface area contributed by atoms with Crippen molar-refractivity contribution in [3.05, 3.63) is 47.2 Å². The number of benzene rings is 1. The summed E-state index contributed by atoms with van der Waals surface area (Å²) in [5.41, 5.74) is 3.02. The lowest BCUT2D eigenvalue weighted by atomic mass is 9.84. The van der Waals surface area contributed by atoms with Gasteiger partial charge in [-0.15, -0.1) is 0 Å². The van der Waals surface area contributed by atoms with Crippen molar-refractivity contribution in [3.63, 3.8) is 0 Å². The Hall–Kier alpha value is -3.24. The lowest BCUT2D eigenvalue weighted by molar-refractivity contribution is -0.139. The molecule has 0 bridgehead atoms. The molecule has 2 aromatic rings. The summed E-state index contributed by atoms with van der Waals surface area (Å²) in [6.45, 7) is 4.08. The molecule has 4 fully saturated rings. The molecule has 0 unspecified atom stereocenters. The average molecular weight is 603 g/mol. The highest BCUT2D eigenvalue weighted by Gasteiger charge is 2.36. The topological polar surface area (TPSA) is 111 Å². The van der Waals surface area contributed by atoms with Crippen molar-refractivity contribution in [2.75, 3.05) is 38.0 Å². The molecule has 3 aliphatic heterocycles. The van der Waals surface area contributed by atoms with Gasteiger partial charge in [-0.05, 0) is 75.3 Å². The standard InChI is InChI=1S/C34H46N6O4/c41-30-22-40(19-15-29(30)39-16-12-23-6-1-2-7-25(23)21-39)33(43)28-20-31(37-34(36-28)44-27-10-3-4-11-27)35-26-13-17-38(18-14-26)32(42)24-8-5-9-24/h1-2,6-7,20,24,26-27,29-30,41H,3-5,8-19,21-22H2,(H,35,36,37)/t29-,30-/m1/s1. The lowest BCUT2D eigenvalue weighted by Gasteiger charge is -2.43. The maximum Gasteiger partial charge on any atom is 0.319 e. The van der Waals surface area contributed by atoms with E-state index in [0.717, 1.165) is 90.4 Å². The van der Waals surface area contributed by atoms with Gasteiger partial charge in [-0.2, -0.15) is 9.97 Å². The van der Waals surface area contributed by atoms with Gasteiger partial charge in [-0.25, -0.2) is 0 Å². The normalized spacial score (nSPS) is 25.4. The molecule has 0 radical (unpaired) electrons. The molecule has 7 rings (SSSR count). The van der Waals surface area contributed by atoms with Crippen molar-refractivity contribution in [2.45, 2.75) is 101 Å². The minimum atomic E-state index is -0.626. The van der Waals surface area contributed by atoms with Crippen LogP contribution in [0.5, 0.6) is 6.01 Å². The number of rotatable bonds is 7. The summed E-state index contributed by atoms with van der Waals surface area (Å²) in [4.78, 5) is 41.9. The molecule has 2 saturated heterocycles. The Morgan fingerprint density at radius 2 is 1.61 bits per heavy atom. The van der Waals surface area contributed by atoms with Gasteiger partial charge in [0.1, 0.15) is 17.6 Å².